The lowest BCUT2D eigenvalue weighted by Gasteiger charge is -2.31. The molecule has 3 rings (SSSR count). The maximum Gasteiger partial charge on any atom is 0.317 e. The van der Waals surface area contributed by atoms with Crippen molar-refractivity contribution in [1.29, 1.82) is 0 Å². The minimum absolute atomic E-state index is 0.0217. The van der Waals surface area contributed by atoms with Crippen molar-refractivity contribution >= 4 is 6.03 Å². The third-order valence-electron chi connectivity index (χ3n) is 4.95. The summed E-state index contributed by atoms with van der Waals surface area (Å²) < 4.78 is 0. The molecule has 0 aliphatic carbocycles. The smallest absolute Gasteiger partial charge is 0.317 e. The highest BCUT2D eigenvalue weighted by Crippen LogP contribution is 2.20. The van der Waals surface area contributed by atoms with Crippen LogP contribution in [0, 0.1) is 6.92 Å². The van der Waals surface area contributed by atoms with Crippen LogP contribution in [0.5, 0.6) is 0 Å². The molecule has 1 N–H and O–H groups in total. The standard InChI is InChI=1S/C21H27N3O/c1-16-8-10-18(11-9-16)20(23(2)3)14-22-21(25)24-13-12-17-6-4-5-7-19(17)15-24/h4-11,20H,12-15H2,1-3H3,(H,22,25). The molecule has 132 valence electrons. The van der Waals surface area contributed by atoms with Crippen LogP contribution in [0.3, 0.4) is 0 Å². The van der Waals surface area contributed by atoms with E-state index in [-0.39, 0.29) is 12.1 Å². The SMILES string of the molecule is Cc1ccc(C(CNC(=O)N2CCc3ccccc3C2)N(C)C)cc1. The molecule has 1 unspecified atom stereocenters. The molecule has 0 saturated carbocycles. The number of carbonyl (C=O) groups is 1. The molecule has 0 bridgehead atoms. The summed E-state index contributed by atoms with van der Waals surface area (Å²) in [6, 6.07) is 17.1. The lowest BCUT2D eigenvalue weighted by molar-refractivity contribution is 0.187. The van der Waals surface area contributed by atoms with E-state index in [9.17, 15) is 4.79 Å². The minimum atomic E-state index is 0.0217. The van der Waals surface area contributed by atoms with Crippen molar-refractivity contribution in [3.05, 3.63) is 70.8 Å². The Balaban J connectivity index is 1.61. The summed E-state index contributed by atoms with van der Waals surface area (Å²) >= 11 is 0. The van der Waals surface area contributed by atoms with Crippen LogP contribution in [0.15, 0.2) is 48.5 Å². The highest BCUT2D eigenvalue weighted by Gasteiger charge is 2.22. The van der Waals surface area contributed by atoms with Crippen molar-refractivity contribution < 1.29 is 4.79 Å². The van der Waals surface area contributed by atoms with Crippen LogP contribution in [0.25, 0.3) is 0 Å². The first-order valence-electron chi connectivity index (χ1n) is 8.87. The number of hydrogen-bond donors (Lipinski definition) is 1. The van der Waals surface area contributed by atoms with Crippen LogP contribution in [-0.2, 0) is 13.0 Å². The van der Waals surface area contributed by atoms with Crippen molar-refractivity contribution in [1.82, 2.24) is 15.1 Å². The molecule has 0 aromatic heterocycles. The van der Waals surface area contributed by atoms with E-state index in [4.69, 9.17) is 0 Å². The zero-order valence-electron chi connectivity index (χ0n) is 15.3. The molecule has 1 heterocycles. The molecule has 25 heavy (non-hydrogen) atoms. The number of carbonyl (C=O) groups excluding carboxylic acids is 1. The molecular formula is C21H27N3O. The molecule has 2 aromatic carbocycles. The van der Waals surface area contributed by atoms with Crippen molar-refractivity contribution in [2.24, 2.45) is 0 Å². The van der Waals surface area contributed by atoms with Gasteiger partial charge in [-0.25, -0.2) is 4.79 Å². The van der Waals surface area contributed by atoms with E-state index in [1.54, 1.807) is 0 Å². The number of rotatable bonds is 4. The van der Waals surface area contributed by atoms with E-state index >= 15 is 0 Å². The number of amides is 2. The summed E-state index contributed by atoms with van der Waals surface area (Å²) in [5.74, 6) is 0. The molecule has 1 aliphatic heterocycles. The van der Waals surface area contributed by atoms with E-state index in [1.807, 2.05) is 25.1 Å². The van der Waals surface area contributed by atoms with Crippen LogP contribution in [-0.4, -0.2) is 43.0 Å². The molecule has 0 fully saturated rings. The Bertz CT molecular complexity index is 724. The van der Waals surface area contributed by atoms with Crippen LogP contribution in [0.1, 0.15) is 28.3 Å². The van der Waals surface area contributed by atoms with Gasteiger partial charge in [0.05, 0.1) is 6.04 Å². The quantitative estimate of drug-likeness (QED) is 0.928. The lowest BCUT2D eigenvalue weighted by Crippen LogP contribution is -2.45. The summed E-state index contributed by atoms with van der Waals surface area (Å²) in [6.45, 7) is 4.16. The predicted molar refractivity (Wildman–Crippen MR) is 102 cm³/mol. The van der Waals surface area contributed by atoms with Gasteiger partial charge in [0.1, 0.15) is 0 Å². The highest BCUT2D eigenvalue weighted by atomic mass is 16.2. The van der Waals surface area contributed by atoms with Crippen molar-refractivity contribution in [2.75, 3.05) is 27.2 Å². The Morgan fingerprint density at radius 3 is 2.48 bits per heavy atom. The highest BCUT2D eigenvalue weighted by molar-refractivity contribution is 5.74. The Morgan fingerprint density at radius 1 is 1.12 bits per heavy atom. The Kier molecular flexibility index (Phi) is 5.39. The van der Waals surface area contributed by atoms with Gasteiger partial charge < -0.3 is 15.1 Å². The fourth-order valence-electron chi connectivity index (χ4n) is 3.35. The number of nitrogens with zero attached hydrogens (tertiary/aromatic N) is 2. The van der Waals surface area contributed by atoms with Gasteiger partial charge in [-0.15, -0.1) is 0 Å². The maximum atomic E-state index is 12.6. The summed E-state index contributed by atoms with van der Waals surface area (Å²) in [5.41, 5.74) is 5.08. The molecule has 1 atom stereocenters. The predicted octanol–water partition coefficient (Wildman–Crippen LogP) is 3.37. The number of aryl methyl sites for hydroxylation is 1. The second kappa shape index (κ2) is 7.70. The van der Waals surface area contributed by atoms with Crippen molar-refractivity contribution in [2.45, 2.75) is 25.9 Å². The van der Waals surface area contributed by atoms with E-state index < -0.39 is 0 Å². The largest absolute Gasteiger partial charge is 0.336 e. The van der Waals surface area contributed by atoms with Gasteiger partial charge in [0.2, 0.25) is 0 Å². The average molecular weight is 337 g/mol. The monoisotopic (exact) mass is 337 g/mol. The number of urea groups is 1. The van der Waals surface area contributed by atoms with Gasteiger partial charge in [0.25, 0.3) is 0 Å². The van der Waals surface area contributed by atoms with Gasteiger partial charge in [-0.05, 0) is 44.1 Å². The summed E-state index contributed by atoms with van der Waals surface area (Å²) in [5, 5.41) is 3.12. The molecule has 0 saturated heterocycles. The number of benzene rings is 2. The summed E-state index contributed by atoms with van der Waals surface area (Å²) in [4.78, 5) is 16.7. The molecule has 0 radical (unpaired) electrons. The Morgan fingerprint density at radius 2 is 1.80 bits per heavy atom. The van der Waals surface area contributed by atoms with Gasteiger partial charge in [-0.1, -0.05) is 54.1 Å². The fourth-order valence-corrected chi connectivity index (χ4v) is 3.35. The first kappa shape index (κ1) is 17.5. The normalized spacial score (nSPS) is 15.0. The van der Waals surface area contributed by atoms with Gasteiger partial charge >= 0.3 is 6.03 Å². The molecule has 0 spiro atoms. The second-order valence-electron chi connectivity index (χ2n) is 7.02. The lowest BCUT2D eigenvalue weighted by atomic mass is 10.0. The Labute approximate surface area is 150 Å². The first-order valence-corrected chi connectivity index (χ1v) is 8.87. The third-order valence-corrected chi connectivity index (χ3v) is 4.95. The fraction of sp³-hybridized carbons (Fsp3) is 0.381. The maximum absolute atomic E-state index is 12.6. The van der Waals surface area contributed by atoms with Gasteiger partial charge in [0.15, 0.2) is 0 Å². The van der Waals surface area contributed by atoms with E-state index in [0.29, 0.717) is 13.1 Å². The van der Waals surface area contributed by atoms with Crippen molar-refractivity contribution in [3.8, 4) is 0 Å². The van der Waals surface area contributed by atoms with Crippen molar-refractivity contribution in [3.63, 3.8) is 0 Å². The zero-order valence-corrected chi connectivity index (χ0v) is 15.3. The van der Waals surface area contributed by atoms with E-state index in [0.717, 1.165) is 13.0 Å². The van der Waals surface area contributed by atoms with Gasteiger partial charge in [-0.2, -0.15) is 0 Å². The number of nitrogens with one attached hydrogen (secondary N) is 1. The molecule has 1 aliphatic rings. The average Bonchev–Trinajstić information content (AvgIpc) is 2.62. The molecular weight excluding hydrogens is 310 g/mol. The van der Waals surface area contributed by atoms with E-state index in [2.05, 4.69) is 59.6 Å². The second-order valence-corrected chi connectivity index (χ2v) is 7.02. The van der Waals surface area contributed by atoms with Crippen LogP contribution in [0.2, 0.25) is 0 Å². The zero-order chi connectivity index (χ0) is 17.8. The topological polar surface area (TPSA) is 35.6 Å². The molecule has 4 heteroatoms. The van der Waals surface area contributed by atoms with Crippen LogP contribution < -0.4 is 5.32 Å². The Hall–Kier alpha value is -2.33. The molecule has 2 aromatic rings. The van der Waals surface area contributed by atoms with Crippen LogP contribution >= 0.6 is 0 Å². The van der Waals surface area contributed by atoms with E-state index in [1.165, 1.54) is 22.3 Å². The van der Waals surface area contributed by atoms with Crippen LogP contribution in [0.4, 0.5) is 4.79 Å². The summed E-state index contributed by atoms with van der Waals surface area (Å²) in [7, 11) is 4.10. The molecule has 2 amide bonds. The van der Waals surface area contributed by atoms with Gasteiger partial charge in [-0.3, -0.25) is 0 Å². The number of hydrogen-bond acceptors (Lipinski definition) is 2. The first-order chi connectivity index (χ1) is 12.0. The molecule has 4 nitrogen and oxygen atoms in total. The minimum Gasteiger partial charge on any atom is -0.336 e. The number of fused-ring (bicyclic) bond motifs is 1. The summed E-state index contributed by atoms with van der Waals surface area (Å²) in [6.07, 6.45) is 0.929. The van der Waals surface area contributed by atoms with Gasteiger partial charge in [0, 0.05) is 19.6 Å². The number of likely N-dealkylation sites (N-methyl/N-ethyl adjacent to an activating group) is 1. The third kappa shape index (κ3) is 4.20.